The van der Waals surface area contributed by atoms with Crippen molar-refractivity contribution in [2.24, 2.45) is 35.1 Å². The van der Waals surface area contributed by atoms with Gasteiger partial charge in [0.1, 0.15) is 0 Å². The number of hydrogen-bond donors (Lipinski definition) is 2. The van der Waals surface area contributed by atoms with Crippen LogP contribution >= 0.6 is 0 Å². The van der Waals surface area contributed by atoms with Gasteiger partial charge in [0.25, 0.3) is 0 Å². The fourth-order valence-corrected chi connectivity index (χ4v) is 6.66. The van der Waals surface area contributed by atoms with Crippen molar-refractivity contribution in [1.29, 1.82) is 0 Å². The Hall–Kier alpha value is -0.600. The molecule has 0 aromatic rings. The van der Waals surface area contributed by atoms with E-state index in [2.05, 4.69) is 38.2 Å². The van der Waals surface area contributed by atoms with E-state index in [1.165, 1.54) is 154 Å². The van der Waals surface area contributed by atoms with E-state index < -0.39 is 0 Å². The predicted octanol–water partition coefficient (Wildman–Crippen LogP) is 10.9. The Bertz CT molecular complexity index is 539. The first kappa shape index (κ1) is 35.4. The van der Waals surface area contributed by atoms with Gasteiger partial charge in [0.05, 0.1) is 0 Å². The van der Waals surface area contributed by atoms with Crippen LogP contribution in [0.4, 0.5) is 0 Å². The fourth-order valence-electron chi connectivity index (χ4n) is 6.66. The minimum Gasteiger partial charge on any atom is -0.330 e. The number of nitrogens with two attached hydrogens (primary N) is 2. The van der Waals surface area contributed by atoms with E-state index in [9.17, 15) is 0 Å². The highest BCUT2D eigenvalue weighted by Gasteiger charge is 2.33. The molecule has 1 rings (SSSR count). The topological polar surface area (TPSA) is 52.0 Å². The minimum absolute atomic E-state index is 0.764. The van der Waals surface area contributed by atoms with Gasteiger partial charge in [-0.2, -0.15) is 0 Å². The molecule has 0 amide bonds. The third-order valence-electron chi connectivity index (χ3n) is 9.10. The lowest BCUT2D eigenvalue weighted by Gasteiger charge is -2.39. The zero-order valence-electron chi connectivity index (χ0n) is 26.2. The van der Waals surface area contributed by atoms with E-state index in [-0.39, 0.29) is 0 Å². The molecule has 4 atom stereocenters. The van der Waals surface area contributed by atoms with Crippen molar-refractivity contribution < 1.29 is 0 Å². The summed E-state index contributed by atoms with van der Waals surface area (Å²) < 4.78 is 0. The van der Waals surface area contributed by atoms with Crippen LogP contribution in [0.25, 0.3) is 0 Å². The Kier molecular flexibility index (Phi) is 24.8. The summed E-state index contributed by atoms with van der Waals surface area (Å²) >= 11 is 0. The third kappa shape index (κ3) is 17.9. The molecule has 0 saturated heterocycles. The molecule has 1 aliphatic carbocycles. The van der Waals surface area contributed by atoms with E-state index in [1.807, 2.05) is 0 Å². The zero-order valence-corrected chi connectivity index (χ0v) is 26.2. The molecule has 2 nitrogen and oxygen atoms in total. The molecule has 38 heavy (non-hydrogen) atoms. The normalized spacial score (nSPS) is 21.6. The van der Waals surface area contributed by atoms with Gasteiger partial charge in [-0.1, -0.05) is 147 Å². The summed E-state index contributed by atoms with van der Waals surface area (Å²) in [6, 6.07) is 0. The smallest absolute Gasteiger partial charge is 0.00773 e. The van der Waals surface area contributed by atoms with E-state index in [4.69, 9.17) is 11.5 Å². The van der Waals surface area contributed by atoms with Crippen molar-refractivity contribution in [2.75, 3.05) is 13.1 Å². The molecule has 0 spiro atoms. The summed E-state index contributed by atoms with van der Waals surface area (Å²) in [5.74, 6) is 3.17. The Morgan fingerprint density at radius 2 is 0.947 bits per heavy atom. The first-order valence-corrected chi connectivity index (χ1v) is 17.5. The van der Waals surface area contributed by atoms with Crippen LogP contribution in [0.5, 0.6) is 0 Å². The molecule has 0 saturated carbocycles. The monoisotopic (exact) mass is 531 g/mol. The summed E-state index contributed by atoms with van der Waals surface area (Å²) in [5, 5.41) is 0. The molecule has 0 aromatic heterocycles. The van der Waals surface area contributed by atoms with Crippen molar-refractivity contribution in [3.8, 4) is 0 Å². The first-order valence-electron chi connectivity index (χ1n) is 17.5. The maximum absolute atomic E-state index is 5.70. The summed E-state index contributed by atoms with van der Waals surface area (Å²) in [4.78, 5) is 0. The van der Waals surface area contributed by atoms with E-state index in [0.29, 0.717) is 0 Å². The molecule has 0 heterocycles. The van der Waals surface area contributed by atoms with Crippen LogP contribution in [0.3, 0.4) is 0 Å². The number of allylic oxidation sites excluding steroid dienone is 4. The Balaban J connectivity index is 2.78. The van der Waals surface area contributed by atoms with Crippen LogP contribution in [0.15, 0.2) is 24.3 Å². The molecule has 4 unspecified atom stereocenters. The van der Waals surface area contributed by atoms with Crippen LogP contribution in [-0.4, -0.2) is 13.1 Å². The summed E-state index contributed by atoms with van der Waals surface area (Å²) in [6.45, 7) is 6.36. The van der Waals surface area contributed by atoms with E-state index in [1.54, 1.807) is 0 Å². The lowest BCUT2D eigenvalue weighted by Crippen LogP contribution is -2.30. The largest absolute Gasteiger partial charge is 0.330 e. The highest BCUT2D eigenvalue weighted by molar-refractivity contribution is 5.10. The van der Waals surface area contributed by atoms with Gasteiger partial charge >= 0.3 is 0 Å². The average molecular weight is 531 g/mol. The Morgan fingerprint density at radius 1 is 0.500 bits per heavy atom. The summed E-state index contributed by atoms with van der Waals surface area (Å²) in [6.07, 6.45) is 43.4. The maximum Gasteiger partial charge on any atom is -0.00773 e. The van der Waals surface area contributed by atoms with Crippen molar-refractivity contribution in [2.45, 2.75) is 168 Å². The standard InChI is InChI=1S/C36H70N2/c1-3-5-7-9-15-21-27-35-33(25-19-8-6-4-2)29-30-34(26-20-14-10-12-17-23-31-37)36(35)28-22-16-11-13-18-24-32-38/h21,27,29-30,33-36H,3-20,22-26,28,31-32,37-38H2,1-2H3. The molecule has 2 heteroatoms. The average Bonchev–Trinajstić information content (AvgIpc) is 2.93. The number of rotatable bonds is 27. The van der Waals surface area contributed by atoms with E-state index in [0.717, 1.165) is 36.8 Å². The van der Waals surface area contributed by atoms with Gasteiger partial charge in [-0.05, 0) is 81.7 Å². The molecule has 1 aliphatic rings. The van der Waals surface area contributed by atoms with Crippen molar-refractivity contribution in [3.63, 3.8) is 0 Å². The quantitative estimate of drug-likeness (QED) is 0.0819. The molecule has 224 valence electrons. The molecule has 0 fully saturated rings. The second-order valence-corrected chi connectivity index (χ2v) is 12.5. The SMILES string of the molecule is CCCCCCC=CC1C(CCCCCC)C=CC(CCCCCCCCN)C1CCCCCCCCN. The minimum atomic E-state index is 0.764. The van der Waals surface area contributed by atoms with Gasteiger partial charge < -0.3 is 11.5 Å². The lowest BCUT2D eigenvalue weighted by molar-refractivity contribution is 0.196. The van der Waals surface area contributed by atoms with Crippen molar-refractivity contribution in [3.05, 3.63) is 24.3 Å². The van der Waals surface area contributed by atoms with Crippen molar-refractivity contribution in [1.82, 2.24) is 0 Å². The lowest BCUT2D eigenvalue weighted by atomic mass is 9.66. The highest BCUT2D eigenvalue weighted by Crippen LogP contribution is 2.43. The van der Waals surface area contributed by atoms with Crippen LogP contribution in [0, 0.1) is 23.7 Å². The maximum atomic E-state index is 5.70. The second kappa shape index (κ2) is 26.6. The second-order valence-electron chi connectivity index (χ2n) is 12.5. The van der Waals surface area contributed by atoms with Crippen LogP contribution in [-0.2, 0) is 0 Å². The fraction of sp³-hybridized carbons (Fsp3) is 0.889. The Morgan fingerprint density at radius 3 is 1.53 bits per heavy atom. The van der Waals surface area contributed by atoms with E-state index >= 15 is 0 Å². The van der Waals surface area contributed by atoms with Crippen LogP contribution in [0.1, 0.15) is 168 Å². The molecule has 0 aromatic carbocycles. The number of unbranched alkanes of at least 4 members (excludes halogenated alkanes) is 17. The molecular weight excluding hydrogens is 460 g/mol. The zero-order chi connectivity index (χ0) is 27.5. The third-order valence-corrected chi connectivity index (χ3v) is 9.10. The summed E-state index contributed by atoms with van der Waals surface area (Å²) in [5.41, 5.74) is 11.4. The van der Waals surface area contributed by atoms with Crippen LogP contribution in [0.2, 0.25) is 0 Å². The number of hydrogen-bond acceptors (Lipinski definition) is 2. The van der Waals surface area contributed by atoms with Gasteiger partial charge in [0, 0.05) is 0 Å². The first-order chi connectivity index (χ1) is 18.8. The van der Waals surface area contributed by atoms with Crippen molar-refractivity contribution >= 4 is 0 Å². The van der Waals surface area contributed by atoms with Gasteiger partial charge in [0.15, 0.2) is 0 Å². The van der Waals surface area contributed by atoms with Crippen LogP contribution < -0.4 is 11.5 Å². The van der Waals surface area contributed by atoms with Gasteiger partial charge in [0.2, 0.25) is 0 Å². The molecule has 0 radical (unpaired) electrons. The molecule has 0 bridgehead atoms. The molecule has 4 N–H and O–H groups in total. The Labute approximate surface area is 240 Å². The highest BCUT2D eigenvalue weighted by atomic mass is 14.5. The van der Waals surface area contributed by atoms with Gasteiger partial charge in [-0.3, -0.25) is 0 Å². The van der Waals surface area contributed by atoms with Gasteiger partial charge in [-0.15, -0.1) is 0 Å². The molecular formula is C36H70N2. The summed E-state index contributed by atoms with van der Waals surface area (Å²) in [7, 11) is 0. The predicted molar refractivity (Wildman–Crippen MR) is 173 cm³/mol. The molecule has 0 aliphatic heterocycles. The van der Waals surface area contributed by atoms with Gasteiger partial charge in [-0.25, -0.2) is 0 Å².